The third-order valence-electron chi connectivity index (χ3n) is 1.55. The molecule has 1 atom stereocenters. The molecular formula is C9H12ClNOS. The van der Waals surface area contributed by atoms with Crippen LogP contribution in [0.5, 0.6) is 0 Å². The smallest absolute Gasteiger partial charge is 0.225 e. The van der Waals surface area contributed by atoms with Crippen LogP contribution in [0.3, 0.4) is 0 Å². The van der Waals surface area contributed by atoms with Crippen molar-refractivity contribution in [2.24, 2.45) is 0 Å². The van der Waals surface area contributed by atoms with Crippen LogP contribution in [0.1, 0.15) is 11.8 Å². The first-order valence-electron chi connectivity index (χ1n) is 4.10. The molecule has 1 N–H and O–H groups in total. The van der Waals surface area contributed by atoms with E-state index in [0.29, 0.717) is 12.3 Å². The molecule has 4 heteroatoms. The molecule has 2 nitrogen and oxygen atoms in total. The van der Waals surface area contributed by atoms with Gasteiger partial charge in [-0.05, 0) is 18.4 Å². The molecule has 1 aromatic heterocycles. The van der Waals surface area contributed by atoms with Crippen LogP contribution in [-0.4, -0.2) is 17.8 Å². The average molecular weight is 218 g/mol. The summed E-state index contributed by atoms with van der Waals surface area (Å²) >= 11 is 7.16. The second kappa shape index (κ2) is 5.25. The molecule has 0 saturated carbocycles. The number of rotatable bonds is 4. The molecule has 0 saturated heterocycles. The van der Waals surface area contributed by atoms with Gasteiger partial charge in [-0.25, -0.2) is 0 Å². The highest BCUT2D eigenvalue weighted by Gasteiger charge is 2.06. The van der Waals surface area contributed by atoms with Crippen LogP contribution in [0.2, 0.25) is 0 Å². The fourth-order valence-electron chi connectivity index (χ4n) is 0.936. The summed E-state index contributed by atoms with van der Waals surface area (Å²) in [5, 5.41) is 4.77. The van der Waals surface area contributed by atoms with Gasteiger partial charge in [-0.15, -0.1) is 22.9 Å². The molecule has 0 fully saturated rings. The molecule has 72 valence electrons. The number of alkyl halides is 1. The zero-order valence-corrected chi connectivity index (χ0v) is 8.99. The molecule has 13 heavy (non-hydrogen) atoms. The summed E-state index contributed by atoms with van der Waals surface area (Å²) in [5.74, 6) is 0.492. The monoisotopic (exact) mass is 217 g/mol. The van der Waals surface area contributed by atoms with Crippen LogP contribution in [-0.2, 0) is 11.2 Å². The van der Waals surface area contributed by atoms with Crippen molar-refractivity contribution in [1.29, 1.82) is 0 Å². The summed E-state index contributed by atoms with van der Waals surface area (Å²) in [6.07, 6.45) is 0.457. The SMILES string of the molecule is CC(CCl)NC(=O)Cc1cccs1. The summed E-state index contributed by atoms with van der Waals surface area (Å²) in [6, 6.07) is 3.95. The second-order valence-electron chi connectivity index (χ2n) is 2.88. The summed E-state index contributed by atoms with van der Waals surface area (Å²) in [7, 11) is 0. The maximum absolute atomic E-state index is 11.3. The average Bonchev–Trinajstić information content (AvgIpc) is 2.56. The molecule has 1 amide bonds. The van der Waals surface area contributed by atoms with Gasteiger partial charge in [-0.1, -0.05) is 6.07 Å². The minimum Gasteiger partial charge on any atom is -0.352 e. The van der Waals surface area contributed by atoms with E-state index in [9.17, 15) is 4.79 Å². The second-order valence-corrected chi connectivity index (χ2v) is 4.22. The van der Waals surface area contributed by atoms with Gasteiger partial charge in [0, 0.05) is 16.8 Å². The summed E-state index contributed by atoms with van der Waals surface area (Å²) in [6.45, 7) is 1.89. The van der Waals surface area contributed by atoms with E-state index in [2.05, 4.69) is 5.32 Å². The van der Waals surface area contributed by atoms with E-state index in [1.807, 2.05) is 24.4 Å². The highest BCUT2D eigenvalue weighted by molar-refractivity contribution is 7.10. The Labute approximate surface area is 86.9 Å². The van der Waals surface area contributed by atoms with Crippen LogP contribution < -0.4 is 5.32 Å². The van der Waals surface area contributed by atoms with Crippen LogP contribution in [0.25, 0.3) is 0 Å². The lowest BCUT2D eigenvalue weighted by atomic mass is 10.3. The van der Waals surface area contributed by atoms with Crippen molar-refractivity contribution in [3.05, 3.63) is 22.4 Å². The summed E-state index contributed by atoms with van der Waals surface area (Å²) in [4.78, 5) is 12.4. The Morgan fingerprint density at radius 3 is 3.08 bits per heavy atom. The van der Waals surface area contributed by atoms with Crippen LogP contribution >= 0.6 is 22.9 Å². The zero-order valence-electron chi connectivity index (χ0n) is 7.42. The van der Waals surface area contributed by atoms with Crippen molar-refractivity contribution in [2.75, 3.05) is 5.88 Å². The van der Waals surface area contributed by atoms with Crippen LogP contribution in [0.15, 0.2) is 17.5 Å². The molecule has 0 aliphatic carbocycles. The first-order valence-corrected chi connectivity index (χ1v) is 5.51. The van der Waals surface area contributed by atoms with Gasteiger partial charge >= 0.3 is 0 Å². The summed E-state index contributed by atoms with van der Waals surface area (Å²) < 4.78 is 0. The quantitative estimate of drug-likeness (QED) is 0.769. The van der Waals surface area contributed by atoms with Gasteiger partial charge in [0.05, 0.1) is 6.42 Å². The Hall–Kier alpha value is -0.540. The van der Waals surface area contributed by atoms with Crippen molar-refractivity contribution >= 4 is 28.8 Å². The molecule has 1 aromatic rings. The van der Waals surface area contributed by atoms with E-state index in [1.165, 1.54) is 0 Å². The molecule has 1 heterocycles. The van der Waals surface area contributed by atoms with Gasteiger partial charge in [-0.3, -0.25) is 4.79 Å². The first kappa shape index (κ1) is 10.5. The van der Waals surface area contributed by atoms with Gasteiger partial charge < -0.3 is 5.32 Å². The van der Waals surface area contributed by atoms with Crippen molar-refractivity contribution in [1.82, 2.24) is 5.32 Å². The number of hydrogen-bond acceptors (Lipinski definition) is 2. The van der Waals surface area contributed by atoms with E-state index in [4.69, 9.17) is 11.6 Å². The highest BCUT2D eigenvalue weighted by Crippen LogP contribution is 2.08. The fourth-order valence-corrected chi connectivity index (χ4v) is 1.72. The number of halogens is 1. The molecule has 1 rings (SSSR count). The number of nitrogens with one attached hydrogen (secondary N) is 1. The minimum absolute atomic E-state index is 0.0376. The lowest BCUT2D eigenvalue weighted by Crippen LogP contribution is -2.34. The number of carbonyl (C=O) groups is 1. The van der Waals surface area contributed by atoms with Gasteiger partial charge in [0.1, 0.15) is 0 Å². The molecule has 1 unspecified atom stereocenters. The highest BCUT2D eigenvalue weighted by atomic mass is 35.5. The van der Waals surface area contributed by atoms with E-state index >= 15 is 0 Å². The van der Waals surface area contributed by atoms with Gasteiger partial charge in [0.15, 0.2) is 0 Å². The van der Waals surface area contributed by atoms with Crippen LogP contribution in [0.4, 0.5) is 0 Å². The van der Waals surface area contributed by atoms with Gasteiger partial charge in [0.25, 0.3) is 0 Å². The van der Waals surface area contributed by atoms with E-state index in [-0.39, 0.29) is 11.9 Å². The summed E-state index contributed by atoms with van der Waals surface area (Å²) in [5.41, 5.74) is 0. The molecule has 0 aliphatic rings. The number of amides is 1. The largest absolute Gasteiger partial charge is 0.352 e. The number of hydrogen-bond donors (Lipinski definition) is 1. The van der Waals surface area contributed by atoms with E-state index in [1.54, 1.807) is 11.3 Å². The lowest BCUT2D eigenvalue weighted by Gasteiger charge is -2.09. The Kier molecular flexibility index (Phi) is 4.25. The fraction of sp³-hybridized carbons (Fsp3) is 0.444. The Balaban J connectivity index is 2.34. The lowest BCUT2D eigenvalue weighted by molar-refractivity contribution is -0.120. The Bertz CT molecular complexity index is 261. The van der Waals surface area contributed by atoms with Gasteiger partial charge in [0.2, 0.25) is 5.91 Å². The van der Waals surface area contributed by atoms with E-state index in [0.717, 1.165) is 4.88 Å². The molecular weight excluding hydrogens is 206 g/mol. The maximum atomic E-state index is 11.3. The molecule has 0 radical (unpaired) electrons. The predicted octanol–water partition coefficient (Wildman–Crippen LogP) is 2.03. The Morgan fingerprint density at radius 1 is 1.77 bits per heavy atom. The third-order valence-corrected chi connectivity index (χ3v) is 2.89. The number of thiophene rings is 1. The molecule has 0 aliphatic heterocycles. The van der Waals surface area contributed by atoms with Crippen molar-refractivity contribution in [3.63, 3.8) is 0 Å². The van der Waals surface area contributed by atoms with Crippen LogP contribution in [0, 0.1) is 0 Å². The van der Waals surface area contributed by atoms with E-state index < -0.39 is 0 Å². The van der Waals surface area contributed by atoms with Crippen molar-refractivity contribution in [2.45, 2.75) is 19.4 Å². The molecule has 0 spiro atoms. The standard InChI is InChI=1S/C9H12ClNOS/c1-7(6-10)11-9(12)5-8-3-2-4-13-8/h2-4,7H,5-6H2,1H3,(H,11,12). The number of carbonyl (C=O) groups excluding carboxylic acids is 1. The molecule has 0 aromatic carbocycles. The van der Waals surface area contributed by atoms with Crippen molar-refractivity contribution < 1.29 is 4.79 Å². The third kappa shape index (κ3) is 3.79. The zero-order chi connectivity index (χ0) is 9.68. The first-order chi connectivity index (χ1) is 6.22. The van der Waals surface area contributed by atoms with Crippen molar-refractivity contribution in [3.8, 4) is 0 Å². The predicted molar refractivity (Wildman–Crippen MR) is 56.3 cm³/mol. The minimum atomic E-state index is 0.0376. The Morgan fingerprint density at radius 2 is 2.54 bits per heavy atom. The van der Waals surface area contributed by atoms with Gasteiger partial charge in [-0.2, -0.15) is 0 Å². The maximum Gasteiger partial charge on any atom is 0.225 e. The molecule has 0 bridgehead atoms. The normalized spacial score (nSPS) is 12.5. The topological polar surface area (TPSA) is 29.1 Å².